The molecule has 1 aromatic heterocycles. The number of imidazole rings is 1. The number of anilines is 2. The van der Waals surface area contributed by atoms with E-state index in [1.165, 1.54) is 35.5 Å². The van der Waals surface area contributed by atoms with Gasteiger partial charge in [0.25, 0.3) is 11.6 Å². The second-order valence-electron chi connectivity index (χ2n) is 9.95. The van der Waals surface area contributed by atoms with Crippen LogP contribution >= 0.6 is 0 Å². The number of carbonyl (C=O) groups is 1. The van der Waals surface area contributed by atoms with Gasteiger partial charge < -0.3 is 24.4 Å². The Bertz CT molecular complexity index is 1460. The van der Waals surface area contributed by atoms with E-state index in [4.69, 9.17) is 9.72 Å². The monoisotopic (exact) mass is 529 g/mol. The molecule has 4 aromatic rings. The minimum atomic E-state index is -0.482. The van der Waals surface area contributed by atoms with Crippen LogP contribution in [0.4, 0.5) is 17.1 Å². The number of benzene rings is 3. The average Bonchev–Trinajstić information content (AvgIpc) is 3.26. The molecule has 3 aromatic carbocycles. The van der Waals surface area contributed by atoms with Gasteiger partial charge in [0.1, 0.15) is 11.6 Å². The second kappa shape index (κ2) is 11.5. The molecule has 10 heteroatoms. The topological polar surface area (TPSA) is 107 Å². The third-order valence-electron chi connectivity index (χ3n) is 7.25. The fraction of sp³-hybridized carbons (Fsp3) is 0.310. The lowest BCUT2D eigenvalue weighted by Gasteiger charge is -2.33. The first kappa shape index (κ1) is 26.2. The molecular formula is C29H33N6O4+. The summed E-state index contributed by atoms with van der Waals surface area (Å²) in [6, 6.07) is 20.1. The molecule has 2 N–H and O–H groups in total. The molecule has 0 bridgehead atoms. The lowest BCUT2D eigenvalue weighted by molar-refractivity contribution is -0.900. The Kier molecular flexibility index (Phi) is 7.74. The maximum atomic E-state index is 12.4. The van der Waals surface area contributed by atoms with E-state index in [1.54, 1.807) is 4.90 Å². The van der Waals surface area contributed by atoms with Crippen molar-refractivity contribution in [2.75, 3.05) is 49.5 Å². The van der Waals surface area contributed by atoms with Crippen LogP contribution in [0, 0.1) is 17.0 Å². The van der Waals surface area contributed by atoms with E-state index >= 15 is 0 Å². The number of nitrogens with one attached hydrogen (secondary N) is 2. The summed E-state index contributed by atoms with van der Waals surface area (Å²) in [7, 11) is 2.03. The number of nitro groups is 1. The van der Waals surface area contributed by atoms with Crippen LogP contribution in [0.25, 0.3) is 11.0 Å². The summed E-state index contributed by atoms with van der Waals surface area (Å²) >= 11 is 0. The summed E-state index contributed by atoms with van der Waals surface area (Å²) in [5.74, 6) is 1.10. The van der Waals surface area contributed by atoms with Gasteiger partial charge >= 0.3 is 0 Å². The van der Waals surface area contributed by atoms with Crippen molar-refractivity contribution in [1.29, 1.82) is 0 Å². The van der Waals surface area contributed by atoms with Crippen molar-refractivity contribution in [3.8, 4) is 5.75 Å². The van der Waals surface area contributed by atoms with E-state index in [9.17, 15) is 14.9 Å². The molecule has 5 rings (SSSR count). The molecule has 0 aliphatic carbocycles. The summed E-state index contributed by atoms with van der Waals surface area (Å²) < 4.78 is 7.58. The molecule has 0 unspecified atom stereocenters. The molecule has 2 heterocycles. The van der Waals surface area contributed by atoms with Crippen LogP contribution in [0.2, 0.25) is 0 Å². The van der Waals surface area contributed by atoms with E-state index in [-0.39, 0.29) is 18.2 Å². The molecule has 0 spiro atoms. The van der Waals surface area contributed by atoms with Crippen LogP contribution in [-0.2, 0) is 18.3 Å². The van der Waals surface area contributed by atoms with Crippen LogP contribution in [0.15, 0.2) is 66.7 Å². The number of aryl methyl sites for hydroxylation is 2. The fourth-order valence-corrected chi connectivity index (χ4v) is 4.94. The Morgan fingerprint density at radius 2 is 1.79 bits per heavy atom. The highest BCUT2D eigenvalue weighted by Gasteiger charge is 2.21. The smallest absolute Gasteiger partial charge is 0.269 e. The minimum Gasteiger partial charge on any atom is -0.484 e. The van der Waals surface area contributed by atoms with Crippen molar-refractivity contribution < 1.29 is 19.4 Å². The first-order chi connectivity index (χ1) is 18.9. The first-order valence-corrected chi connectivity index (χ1v) is 13.1. The van der Waals surface area contributed by atoms with Gasteiger partial charge in [-0.25, -0.2) is 4.98 Å². The van der Waals surface area contributed by atoms with Crippen LogP contribution < -0.4 is 19.9 Å². The number of carbonyl (C=O) groups excluding carboxylic acids is 1. The molecule has 1 saturated heterocycles. The van der Waals surface area contributed by atoms with Crippen LogP contribution in [0.3, 0.4) is 0 Å². The number of fused-ring (bicyclic) bond motifs is 1. The zero-order valence-electron chi connectivity index (χ0n) is 22.2. The van der Waals surface area contributed by atoms with Gasteiger partial charge in [0.05, 0.1) is 55.1 Å². The van der Waals surface area contributed by atoms with E-state index in [0.29, 0.717) is 11.4 Å². The third kappa shape index (κ3) is 6.35. The van der Waals surface area contributed by atoms with Gasteiger partial charge in [-0.1, -0.05) is 17.7 Å². The second-order valence-corrected chi connectivity index (χ2v) is 9.95. The third-order valence-corrected chi connectivity index (χ3v) is 7.25. The Labute approximate surface area is 227 Å². The molecule has 1 aliphatic heterocycles. The number of aromatic nitrogens is 2. The molecular weight excluding hydrogens is 496 g/mol. The maximum absolute atomic E-state index is 12.4. The predicted octanol–water partition coefficient (Wildman–Crippen LogP) is 2.76. The Morgan fingerprint density at radius 1 is 1.08 bits per heavy atom. The van der Waals surface area contributed by atoms with Crippen LogP contribution in [0.1, 0.15) is 11.4 Å². The SMILES string of the molecule is Cc1ccc(N2CC[NH+](CCc3nc4cc(NC(=O)COc5ccc([N+](=O)[O-])cc5)ccc4n3C)CC2)cc1. The molecule has 202 valence electrons. The molecule has 0 atom stereocenters. The zero-order chi connectivity index (χ0) is 27.4. The van der Waals surface area contributed by atoms with Gasteiger partial charge in [-0.3, -0.25) is 14.9 Å². The number of nitrogens with zero attached hydrogens (tertiary/aromatic N) is 4. The Morgan fingerprint density at radius 3 is 2.49 bits per heavy atom. The number of piperazine rings is 1. The average molecular weight is 530 g/mol. The van der Waals surface area contributed by atoms with Gasteiger partial charge in [-0.2, -0.15) is 0 Å². The highest BCUT2D eigenvalue weighted by Crippen LogP contribution is 2.21. The molecule has 1 fully saturated rings. The molecule has 1 amide bonds. The van der Waals surface area contributed by atoms with Crippen molar-refractivity contribution in [3.63, 3.8) is 0 Å². The lowest BCUT2D eigenvalue weighted by Crippen LogP contribution is -3.15. The largest absolute Gasteiger partial charge is 0.484 e. The number of nitro benzene ring substituents is 1. The number of quaternary nitrogens is 1. The van der Waals surface area contributed by atoms with Crippen molar-refractivity contribution >= 4 is 34.0 Å². The van der Waals surface area contributed by atoms with Crippen molar-refractivity contribution in [3.05, 3.63) is 88.2 Å². The summed E-state index contributed by atoms with van der Waals surface area (Å²) in [4.78, 5) is 31.6. The normalized spacial score (nSPS) is 13.9. The molecule has 10 nitrogen and oxygen atoms in total. The number of hydrogen-bond acceptors (Lipinski definition) is 6. The summed E-state index contributed by atoms with van der Waals surface area (Å²) in [6.07, 6.45) is 0.885. The predicted molar refractivity (Wildman–Crippen MR) is 151 cm³/mol. The summed E-state index contributed by atoms with van der Waals surface area (Å²) in [6.45, 7) is 7.26. The maximum Gasteiger partial charge on any atom is 0.269 e. The van der Waals surface area contributed by atoms with Crippen molar-refractivity contribution in [1.82, 2.24) is 9.55 Å². The fourth-order valence-electron chi connectivity index (χ4n) is 4.94. The van der Waals surface area contributed by atoms with Gasteiger partial charge in [0, 0.05) is 30.6 Å². The Hall–Kier alpha value is -4.44. The lowest BCUT2D eigenvalue weighted by atomic mass is 10.2. The van der Waals surface area contributed by atoms with Crippen molar-refractivity contribution in [2.45, 2.75) is 13.3 Å². The van der Waals surface area contributed by atoms with Gasteiger partial charge in [0.15, 0.2) is 6.61 Å². The van der Waals surface area contributed by atoms with E-state index < -0.39 is 4.92 Å². The molecule has 39 heavy (non-hydrogen) atoms. The zero-order valence-corrected chi connectivity index (χ0v) is 22.2. The standard InChI is InChI=1S/C29H32N6O4/c1-21-3-6-23(7-4-21)34-17-15-33(16-18-34)14-13-28-31-26-19-22(5-12-27(26)32(28)2)30-29(36)20-39-25-10-8-24(9-11-25)35(37)38/h3-12,19H,13-18,20H2,1-2H3,(H,30,36)/p+1. The van der Waals surface area contributed by atoms with Crippen LogP contribution in [0.5, 0.6) is 5.75 Å². The number of rotatable bonds is 9. The minimum absolute atomic E-state index is 0.0306. The van der Waals surface area contributed by atoms with E-state index in [2.05, 4.69) is 46.0 Å². The van der Waals surface area contributed by atoms with Gasteiger partial charge in [-0.15, -0.1) is 0 Å². The summed E-state index contributed by atoms with van der Waals surface area (Å²) in [5, 5.41) is 13.6. The van der Waals surface area contributed by atoms with E-state index in [0.717, 1.165) is 56.0 Å². The molecule has 1 aliphatic rings. The van der Waals surface area contributed by atoms with Crippen molar-refractivity contribution in [2.24, 2.45) is 7.05 Å². The quantitative estimate of drug-likeness (QED) is 0.255. The van der Waals surface area contributed by atoms with E-state index in [1.807, 2.05) is 25.2 Å². The highest BCUT2D eigenvalue weighted by atomic mass is 16.6. The van der Waals surface area contributed by atoms with Gasteiger partial charge in [0.2, 0.25) is 0 Å². The highest BCUT2D eigenvalue weighted by molar-refractivity contribution is 5.94. The number of ether oxygens (including phenoxy) is 1. The first-order valence-electron chi connectivity index (χ1n) is 13.1. The summed E-state index contributed by atoms with van der Waals surface area (Å²) in [5.41, 5.74) is 5.05. The van der Waals surface area contributed by atoms with Crippen LogP contribution in [-0.4, -0.2) is 59.7 Å². The van der Waals surface area contributed by atoms with Gasteiger partial charge in [-0.05, 0) is 49.4 Å². The number of non-ortho nitro benzene ring substituents is 1. The molecule has 0 radical (unpaired) electrons. The number of hydrogen-bond donors (Lipinski definition) is 2. The number of amides is 1. The molecule has 0 saturated carbocycles. The Balaban J connectivity index is 1.13.